The molecule has 78 valence electrons. The lowest BCUT2D eigenvalue weighted by Gasteiger charge is -2.52. The van der Waals surface area contributed by atoms with Gasteiger partial charge >= 0.3 is 0 Å². The summed E-state index contributed by atoms with van der Waals surface area (Å²) < 4.78 is 5.93. The largest absolute Gasteiger partial charge is 0.374 e. The molecule has 1 fully saturated rings. The van der Waals surface area contributed by atoms with E-state index in [1.807, 2.05) is 7.05 Å². The van der Waals surface area contributed by atoms with Crippen molar-refractivity contribution < 1.29 is 4.74 Å². The van der Waals surface area contributed by atoms with Gasteiger partial charge in [-0.2, -0.15) is 0 Å². The third-order valence-corrected chi connectivity index (χ3v) is 2.71. The van der Waals surface area contributed by atoms with E-state index in [0.717, 1.165) is 19.6 Å². The Hall–Kier alpha value is -0.0800. The maximum absolute atomic E-state index is 5.93. The lowest BCUT2D eigenvalue weighted by Crippen LogP contribution is -2.56. The van der Waals surface area contributed by atoms with Crippen LogP contribution < -0.4 is 5.32 Å². The predicted molar refractivity (Wildman–Crippen MR) is 55.9 cm³/mol. The van der Waals surface area contributed by atoms with E-state index in [0.29, 0.717) is 5.41 Å². The first-order chi connectivity index (χ1) is 6.04. The minimum Gasteiger partial charge on any atom is -0.374 e. The van der Waals surface area contributed by atoms with Crippen molar-refractivity contribution in [2.24, 2.45) is 5.41 Å². The van der Waals surface area contributed by atoms with E-state index in [9.17, 15) is 0 Å². The third kappa shape index (κ3) is 2.68. The summed E-state index contributed by atoms with van der Waals surface area (Å²) in [5.41, 5.74) is 0.638. The molecule has 0 atom stereocenters. The zero-order valence-corrected chi connectivity index (χ0v) is 9.44. The highest BCUT2D eigenvalue weighted by atomic mass is 16.5. The summed E-state index contributed by atoms with van der Waals surface area (Å²) in [5.74, 6) is 0. The molecule has 1 aliphatic rings. The number of nitrogens with one attached hydrogen (secondary N) is 1. The molecule has 1 aliphatic carbocycles. The van der Waals surface area contributed by atoms with Gasteiger partial charge in [0.05, 0.1) is 5.60 Å². The van der Waals surface area contributed by atoms with Gasteiger partial charge < -0.3 is 10.1 Å². The minimum atomic E-state index is 0.147. The van der Waals surface area contributed by atoms with Gasteiger partial charge in [0.2, 0.25) is 0 Å². The molecule has 0 aromatic heterocycles. The summed E-state index contributed by atoms with van der Waals surface area (Å²) in [6, 6.07) is 0. The number of ether oxygens (including phenoxy) is 1. The maximum atomic E-state index is 5.93. The van der Waals surface area contributed by atoms with Crippen molar-refractivity contribution in [3.63, 3.8) is 0 Å². The fourth-order valence-electron chi connectivity index (χ4n) is 2.61. The van der Waals surface area contributed by atoms with E-state index in [1.165, 1.54) is 12.8 Å². The van der Waals surface area contributed by atoms with Gasteiger partial charge in [-0.25, -0.2) is 0 Å². The Morgan fingerprint density at radius 1 is 1.31 bits per heavy atom. The number of hydrogen-bond donors (Lipinski definition) is 1. The predicted octanol–water partition coefficient (Wildman–Crippen LogP) is 2.19. The van der Waals surface area contributed by atoms with Crippen LogP contribution >= 0.6 is 0 Å². The van der Waals surface area contributed by atoms with Crippen LogP contribution in [0.1, 0.15) is 40.0 Å². The average molecular weight is 185 g/mol. The standard InChI is InChI=1S/C11H23NO/c1-5-6-13-11(9-12-4)7-10(2,3)8-11/h12H,5-9H2,1-4H3. The molecule has 0 bridgehead atoms. The van der Waals surface area contributed by atoms with Crippen LogP contribution in [0.4, 0.5) is 0 Å². The van der Waals surface area contributed by atoms with Crippen LogP contribution in [0.5, 0.6) is 0 Å². The molecule has 1 rings (SSSR count). The van der Waals surface area contributed by atoms with Crippen molar-refractivity contribution in [2.45, 2.75) is 45.6 Å². The van der Waals surface area contributed by atoms with Crippen molar-refractivity contribution in [3.05, 3.63) is 0 Å². The van der Waals surface area contributed by atoms with Gasteiger partial charge in [0, 0.05) is 13.2 Å². The first-order valence-corrected chi connectivity index (χ1v) is 5.32. The molecule has 13 heavy (non-hydrogen) atoms. The van der Waals surface area contributed by atoms with Gasteiger partial charge in [0.25, 0.3) is 0 Å². The summed E-state index contributed by atoms with van der Waals surface area (Å²) in [5, 5.41) is 3.23. The van der Waals surface area contributed by atoms with Crippen LogP contribution in [0.25, 0.3) is 0 Å². The Kier molecular flexibility index (Phi) is 3.36. The van der Waals surface area contributed by atoms with Gasteiger partial charge in [0.15, 0.2) is 0 Å². The highest BCUT2D eigenvalue weighted by Gasteiger charge is 2.49. The van der Waals surface area contributed by atoms with Gasteiger partial charge in [-0.1, -0.05) is 20.8 Å². The summed E-state index contributed by atoms with van der Waals surface area (Å²) in [4.78, 5) is 0. The molecule has 2 nitrogen and oxygen atoms in total. The molecule has 0 amide bonds. The second-order valence-electron chi connectivity index (χ2n) is 5.08. The summed E-state index contributed by atoms with van der Waals surface area (Å²) in [6.45, 7) is 8.69. The quantitative estimate of drug-likeness (QED) is 0.709. The second kappa shape index (κ2) is 3.97. The van der Waals surface area contributed by atoms with Crippen molar-refractivity contribution in [3.8, 4) is 0 Å². The fraction of sp³-hybridized carbons (Fsp3) is 1.00. The van der Waals surface area contributed by atoms with Crippen LogP contribution in [0.15, 0.2) is 0 Å². The highest BCUT2D eigenvalue weighted by molar-refractivity contribution is 5.02. The van der Waals surface area contributed by atoms with Crippen LogP contribution in [-0.4, -0.2) is 25.8 Å². The van der Waals surface area contributed by atoms with E-state index in [4.69, 9.17) is 4.74 Å². The number of hydrogen-bond acceptors (Lipinski definition) is 2. The van der Waals surface area contributed by atoms with Crippen LogP contribution in [0.3, 0.4) is 0 Å². The third-order valence-electron chi connectivity index (χ3n) is 2.71. The van der Waals surface area contributed by atoms with Gasteiger partial charge in [-0.05, 0) is 31.7 Å². The molecular weight excluding hydrogens is 162 g/mol. The van der Waals surface area contributed by atoms with Crippen LogP contribution in [-0.2, 0) is 4.74 Å². The smallest absolute Gasteiger partial charge is 0.0816 e. The molecule has 2 heteroatoms. The topological polar surface area (TPSA) is 21.3 Å². The van der Waals surface area contributed by atoms with Crippen molar-refractivity contribution >= 4 is 0 Å². The number of likely N-dealkylation sites (N-methyl/N-ethyl adjacent to an activating group) is 1. The zero-order chi connectivity index (χ0) is 9.95. The van der Waals surface area contributed by atoms with E-state index >= 15 is 0 Å². The highest BCUT2D eigenvalue weighted by Crippen LogP contribution is 2.49. The van der Waals surface area contributed by atoms with Crippen molar-refractivity contribution in [1.82, 2.24) is 5.32 Å². The zero-order valence-electron chi connectivity index (χ0n) is 9.44. The SMILES string of the molecule is CCCOC1(CNC)CC(C)(C)C1. The molecular formula is C11H23NO. The molecule has 0 aliphatic heterocycles. The second-order valence-corrected chi connectivity index (χ2v) is 5.08. The Balaban J connectivity index is 2.39. The van der Waals surface area contributed by atoms with E-state index in [-0.39, 0.29) is 5.60 Å². The van der Waals surface area contributed by atoms with Crippen LogP contribution in [0, 0.1) is 5.41 Å². The lowest BCUT2D eigenvalue weighted by molar-refractivity contribution is -0.154. The molecule has 0 aromatic carbocycles. The normalized spacial score (nSPS) is 24.0. The molecule has 0 saturated heterocycles. The first kappa shape index (κ1) is 11.0. The Bertz CT molecular complexity index is 157. The molecule has 0 unspecified atom stereocenters. The monoisotopic (exact) mass is 185 g/mol. The summed E-state index contributed by atoms with van der Waals surface area (Å²) in [7, 11) is 2.00. The van der Waals surface area contributed by atoms with Crippen molar-refractivity contribution in [1.29, 1.82) is 0 Å². The Morgan fingerprint density at radius 3 is 2.31 bits per heavy atom. The van der Waals surface area contributed by atoms with Crippen molar-refractivity contribution in [2.75, 3.05) is 20.2 Å². The molecule has 0 radical (unpaired) electrons. The first-order valence-electron chi connectivity index (χ1n) is 5.32. The molecule has 0 spiro atoms. The maximum Gasteiger partial charge on any atom is 0.0816 e. The Labute approximate surface area is 82.0 Å². The van der Waals surface area contributed by atoms with Gasteiger partial charge in [-0.15, -0.1) is 0 Å². The van der Waals surface area contributed by atoms with Gasteiger partial charge in [0.1, 0.15) is 0 Å². The lowest BCUT2D eigenvalue weighted by atomic mass is 9.61. The molecule has 0 aromatic rings. The molecule has 0 heterocycles. The van der Waals surface area contributed by atoms with Crippen LogP contribution in [0.2, 0.25) is 0 Å². The van der Waals surface area contributed by atoms with E-state index in [2.05, 4.69) is 26.1 Å². The molecule has 1 saturated carbocycles. The molecule has 1 N–H and O–H groups in total. The number of rotatable bonds is 5. The summed E-state index contributed by atoms with van der Waals surface area (Å²) >= 11 is 0. The van der Waals surface area contributed by atoms with Gasteiger partial charge in [-0.3, -0.25) is 0 Å². The minimum absolute atomic E-state index is 0.147. The Morgan fingerprint density at radius 2 is 1.92 bits per heavy atom. The fourth-order valence-corrected chi connectivity index (χ4v) is 2.61. The average Bonchev–Trinajstić information content (AvgIpc) is 1.98. The van der Waals surface area contributed by atoms with E-state index in [1.54, 1.807) is 0 Å². The van der Waals surface area contributed by atoms with E-state index < -0.39 is 0 Å². The summed E-state index contributed by atoms with van der Waals surface area (Å²) in [6.07, 6.45) is 3.51.